The van der Waals surface area contributed by atoms with Gasteiger partial charge < -0.3 is 20.5 Å². The van der Waals surface area contributed by atoms with Crippen LogP contribution in [0.1, 0.15) is 10.4 Å². The first-order valence-electron chi connectivity index (χ1n) is 6.13. The molecule has 0 aromatic heterocycles. The SMILES string of the molecule is COc1ccc(NC(=O)c2ccc(N)cc2Cl)cc1OC. The second-order valence-electron chi connectivity index (χ2n) is 4.26. The van der Waals surface area contributed by atoms with E-state index < -0.39 is 0 Å². The van der Waals surface area contributed by atoms with E-state index in [-0.39, 0.29) is 5.91 Å². The Morgan fingerprint density at radius 1 is 1.10 bits per heavy atom. The van der Waals surface area contributed by atoms with E-state index in [4.69, 9.17) is 26.8 Å². The molecule has 2 aromatic carbocycles. The molecule has 0 aliphatic carbocycles. The monoisotopic (exact) mass is 306 g/mol. The van der Waals surface area contributed by atoms with Crippen LogP contribution in [0.5, 0.6) is 11.5 Å². The summed E-state index contributed by atoms with van der Waals surface area (Å²) in [5.74, 6) is 0.784. The molecule has 3 N–H and O–H groups in total. The normalized spacial score (nSPS) is 10.0. The van der Waals surface area contributed by atoms with E-state index in [0.717, 1.165) is 0 Å². The van der Waals surface area contributed by atoms with Gasteiger partial charge in [-0.25, -0.2) is 0 Å². The molecule has 0 radical (unpaired) electrons. The van der Waals surface area contributed by atoms with E-state index in [1.807, 2.05) is 0 Å². The summed E-state index contributed by atoms with van der Waals surface area (Å²) in [6.07, 6.45) is 0. The van der Waals surface area contributed by atoms with E-state index in [2.05, 4.69) is 5.32 Å². The lowest BCUT2D eigenvalue weighted by Crippen LogP contribution is -2.12. The molecule has 0 saturated carbocycles. The maximum Gasteiger partial charge on any atom is 0.257 e. The highest BCUT2D eigenvalue weighted by atomic mass is 35.5. The number of benzene rings is 2. The summed E-state index contributed by atoms with van der Waals surface area (Å²) >= 11 is 6.01. The minimum Gasteiger partial charge on any atom is -0.493 e. The maximum absolute atomic E-state index is 12.2. The highest BCUT2D eigenvalue weighted by Crippen LogP contribution is 2.30. The maximum atomic E-state index is 12.2. The average molecular weight is 307 g/mol. The van der Waals surface area contributed by atoms with Crippen molar-refractivity contribution >= 4 is 28.9 Å². The molecule has 0 atom stereocenters. The molecule has 0 saturated heterocycles. The first-order valence-corrected chi connectivity index (χ1v) is 6.51. The molecule has 2 rings (SSSR count). The average Bonchev–Trinajstić information content (AvgIpc) is 2.46. The number of halogens is 1. The molecular formula is C15H15ClN2O3. The number of rotatable bonds is 4. The third-order valence-electron chi connectivity index (χ3n) is 2.88. The van der Waals surface area contributed by atoms with Crippen LogP contribution >= 0.6 is 11.6 Å². The molecule has 5 nitrogen and oxygen atoms in total. The number of anilines is 2. The van der Waals surface area contributed by atoms with Gasteiger partial charge in [0, 0.05) is 17.4 Å². The van der Waals surface area contributed by atoms with Gasteiger partial charge in [0.25, 0.3) is 5.91 Å². The van der Waals surface area contributed by atoms with Gasteiger partial charge in [-0.1, -0.05) is 11.6 Å². The molecule has 21 heavy (non-hydrogen) atoms. The Morgan fingerprint density at radius 2 is 1.81 bits per heavy atom. The zero-order chi connectivity index (χ0) is 15.4. The Labute approximate surface area is 127 Å². The summed E-state index contributed by atoms with van der Waals surface area (Å²) in [5, 5.41) is 3.04. The zero-order valence-electron chi connectivity index (χ0n) is 11.6. The van der Waals surface area contributed by atoms with Crippen molar-refractivity contribution in [2.75, 3.05) is 25.3 Å². The molecule has 0 spiro atoms. The van der Waals surface area contributed by atoms with Gasteiger partial charge in [0.1, 0.15) is 0 Å². The summed E-state index contributed by atoms with van der Waals surface area (Å²) in [5.41, 5.74) is 7.03. The largest absolute Gasteiger partial charge is 0.493 e. The Bertz CT molecular complexity index is 674. The van der Waals surface area contributed by atoms with Crippen molar-refractivity contribution in [3.05, 3.63) is 47.0 Å². The Hall–Kier alpha value is -2.40. The summed E-state index contributed by atoms with van der Waals surface area (Å²) in [6.45, 7) is 0. The van der Waals surface area contributed by atoms with E-state index in [1.165, 1.54) is 13.2 Å². The number of carbonyl (C=O) groups is 1. The second-order valence-corrected chi connectivity index (χ2v) is 4.67. The number of methoxy groups -OCH3 is 2. The van der Waals surface area contributed by atoms with Crippen molar-refractivity contribution in [1.82, 2.24) is 0 Å². The van der Waals surface area contributed by atoms with Gasteiger partial charge >= 0.3 is 0 Å². The smallest absolute Gasteiger partial charge is 0.257 e. The number of ether oxygens (including phenoxy) is 2. The van der Waals surface area contributed by atoms with Gasteiger partial charge in [-0.05, 0) is 30.3 Å². The number of amides is 1. The summed E-state index contributed by atoms with van der Waals surface area (Å²) in [7, 11) is 3.07. The van der Waals surface area contributed by atoms with Crippen molar-refractivity contribution in [1.29, 1.82) is 0 Å². The van der Waals surface area contributed by atoms with E-state index in [0.29, 0.717) is 33.5 Å². The number of nitrogens with two attached hydrogens (primary N) is 1. The van der Waals surface area contributed by atoms with Crippen LogP contribution < -0.4 is 20.5 Å². The lowest BCUT2D eigenvalue weighted by atomic mass is 10.2. The van der Waals surface area contributed by atoms with Gasteiger partial charge in [-0.2, -0.15) is 0 Å². The number of carbonyl (C=O) groups excluding carboxylic acids is 1. The fourth-order valence-corrected chi connectivity index (χ4v) is 2.10. The predicted molar refractivity (Wildman–Crippen MR) is 83.4 cm³/mol. The van der Waals surface area contributed by atoms with Crippen LogP contribution in [0.15, 0.2) is 36.4 Å². The molecule has 0 fully saturated rings. The van der Waals surface area contributed by atoms with Gasteiger partial charge in [0.2, 0.25) is 0 Å². The van der Waals surface area contributed by atoms with Gasteiger partial charge in [0.15, 0.2) is 11.5 Å². The molecule has 1 amide bonds. The Balaban J connectivity index is 2.23. The van der Waals surface area contributed by atoms with Gasteiger partial charge in [-0.15, -0.1) is 0 Å². The van der Waals surface area contributed by atoms with Crippen LogP contribution in [0.25, 0.3) is 0 Å². The van der Waals surface area contributed by atoms with Crippen LogP contribution in [0.4, 0.5) is 11.4 Å². The van der Waals surface area contributed by atoms with Crippen LogP contribution in [-0.4, -0.2) is 20.1 Å². The number of nitrogens with one attached hydrogen (secondary N) is 1. The van der Waals surface area contributed by atoms with Crippen LogP contribution in [0.3, 0.4) is 0 Å². The topological polar surface area (TPSA) is 73.6 Å². The van der Waals surface area contributed by atoms with Crippen LogP contribution in [0, 0.1) is 0 Å². The van der Waals surface area contributed by atoms with Crippen LogP contribution in [0.2, 0.25) is 5.02 Å². The highest BCUT2D eigenvalue weighted by molar-refractivity contribution is 6.34. The number of hydrogen-bond donors (Lipinski definition) is 2. The highest BCUT2D eigenvalue weighted by Gasteiger charge is 2.12. The minimum absolute atomic E-state index is 0.299. The van der Waals surface area contributed by atoms with E-state index in [1.54, 1.807) is 37.4 Å². The molecule has 110 valence electrons. The third kappa shape index (κ3) is 3.38. The predicted octanol–water partition coefficient (Wildman–Crippen LogP) is 3.19. The second kappa shape index (κ2) is 6.37. The zero-order valence-corrected chi connectivity index (χ0v) is 12.4. The van der Waals surface area contributed by atoms with Crippen molar-refractivity contribution in [3.63, 3.8) is 0 Å². The van der Waals surface area contributed by atoms with Crippen molar-refractivity contribution < 1.29 is 14.3 Å². The Kier molecular flexibility index (Phi) is 4.55. The molecule has 0 heterocycles. The van der Waals surface area contributed by atoms with Crippen LogP contribution in [-0.2, 0) is 0 Å². The fraction of sp³-hybridized carbons (Fsp3) is 0.133. The van der Waals surface area contributed by atoms with E-state index >= 15 is 0 Å². The molecule has 6 heteroatoms. The minimum atomic E-state index is -0.327. The number of nitrogen functional groups attached to an aromatic ring is 1. The van der Waals surface area contributed by atoms with Gasteiger partial charge in [0.05, 0.1) is 24.8 Å². The Morgan fingerprint density at radius 3 is 2.43 bits per heavy atom. The van der Waals surface area contributed by atoms with Crippen molar-refractivity contribution in [2.45, 2.75) is 0 Å². The molecular weight excluding hydrogens is 292 g/mol. The lowest BCUT2D eigenvalue weighted by Gasteiger charge is -2.11. The summed E-state index contributed by atoms with van der Waals surface area (Å²) < 4.78 is 10.3. The summed E-state index contributed by atoms with van der Waals surface area (Å²) in [4.78, 5) is 12.2. The molecule has 0 bridgehead atoms. The fourth-order valence-electron chi connectivity index (χ4n) is 1.83. The van der Waals surface area contributed by atoms with Crippen molar-refractivity contribution in [2.24, 2.45) is 0 Å². The quantitative estimate of drug-likeness (QED) is 0.851. The molecule has 2 aromatic rings. The summed E-state index contributed by atoms with van der Waals surface area (Å²) in [6, 6.07) is 9.82. The molecule has 0 aliphatic heterocycles. The lowest BCUT2D eigenvalue weighted by molar-refractivity contribution is 0.102. The first kappa shape index (κ1) is 15.0. The third-order valence-corrected chi connectivity index (χ3v) is 3.19. The standard InChI is InChI=1S/C15H15ClN2O3/c1-20-13-6-4-10(8-14(13)21-2)18-15(19)11-5-3-9(17)7-12(11)16/h3-8H,17H2,1-2H3,(H,18,19). The molecule has 0 aliphatic rings. The van der Waals surface area contributed by atoms with Gasteiger partial charge in [-0.3, -0.25) is 4.79 Å². The first-order chi connectivity index (χ1) is 10.0. The van der Waals surface area contributed by atoms with E-state index in [9.17, 15) is 4.79 Å². The van der Waals surface area contributed by atoms with Crippen molar-refractivity contribution in [3.8, 4) is 11.5 Å². The number of hydrogen-bond acceptors (Lipinski definition) is 4. The molecule has 0 unspecified atom stereocenters.